The molecule has 0 bridgehead atoms. The van der Waals surface area contributed by atoms with E-state index in [9.17, 15) is 18.0 Å². The quantitative estimate of drug-likeness (QED) is 0.773. The Hall–Kier alpha value is -2.05. The number of fused-ring (bicyclic) bond motifs is 1. The van der Waals surface area contributed by atoms with Crippen LogP contribution >= 0.6 is 0 Å². The number of halogens is 3. The Labute approximate surface area is 93.5 Å². The van der Waals surface area contributed by atoms with Gasteiger partial charge in [-0.05, 0) is 18.2 Å². The number of hydrogen-bond acceptors (Lipinski definition) is 3. The van der Waals surface area contributed by atoms with Crippen LogP contribution in [0.15, 0.2) is 29.3 Å². The predicted molar refractivity (Wildman–Crippen MR) is 56.5 cm³/mol. The fourth-order valence-corrected chi connectivity index (χ4v) is 1.48. The number of benzene rings is 1. The van der Waals surface area contributed by atoms with Gasteiger partial charge in [-0.15, -0.1) is 0 Å². The summed E-state index contributed by atoms with van der Waals surface area (Å²) in [4.78, 5) is 15.5. The van der Waals surface area contributed by atoms with E-state index in [0.717, 1.165) is 6.33 Å². The lowest BCUT2D eigenvalue weighted by Crippen LogP contribution is -2.28. The first kappa shape index (κ1) is 11.4. The molecule has 0 aliphatic rings. The van der Waals surface area contributed by atoms with Crippen molar-refractivity contribution >= 4 is 16.6 Å². The highest BCUT2D eigenvalue weighted by Crippen LogP contribution is 2.17. The summed E-state index contributed by atoms with van der Waals surface area (Å²) in [6.07, 6.45) is -3.58. The van der Waals surface area contributed by atoms with Crippen molar-refractivity contribution in [3.05, 3.63) is 34.9 Å². The van der Waals surface area contributed by atoms with E-state index in [4.69, 9.17) is 5.73 Å². The van der Waals surface area contributed by atoms with E-state index in [2.05, 4.69) is 4.98 Å². The molecular weight excluding hydrogens is 235 g/mol. The third kappa shape index (κ3) is 2.38. The Morgan fingerprint density at radius 1 is 1.35 bits per heavy atom. The molecule has 0 radical (unpaired) electrons. The van der Waals surface area contributed by atoms with Crippen LogP contribution in [0.1, 0.15) is 0 Å². The van der Waals surface area contributed by atoms with Gasteiger partial charge in [0, 0.05) is 5.69 Å². The molecule has 0 saturated heterocycles. The van der Waals surface area contributed by atoms with Crippen LogP contribution in [-0.2, 0) is 6.54 Å². The van der Waals surface area contributed by atoms with Crippen molar-refractivity contribution in [2.24, 2.45) is 0 Å². The summed E-state index contributed by atoms with van der Waals surface area (Å²) in [6, 6.07) is 4.34. The molecule has 1 aromatic carbocycles. The fraction of sp³-hybridized carbons (Fsp3) is 0.200. The van der Waals surface area contributed by atoms with Gasteiger partial charge in [0.05, 0.1) is 17.2 Å². The fourth-order valence-electron chi connectivity index (χ4n) is 1.48. The van der Waals surface area contributed by atoms with Gasteiger partial charge in [-0.3, -0.25) is 9.36 Å². The number of anilines is 1. The van der Waals surface area contributed by atoms with E-state index < -0.39 is 18.3 Å². The molecule has 1 aromatic heterocycles. The van der Waals surface area contributed by atoms with Crippen molar-refractivity contribution < 1.29 is 13.2 Å². The molecule has 4 nitrogen and oxygen atoms in total. The molecule has 17 heavy (non-hydrogen) atoms. The number of nitrogen functional groups attached to an aromatic ring is 1. The minimum Gasteiger partial charge on any atom is -0.399 e. The second-order valence-corrected chi connectivity index (χ2v) is 3.57. The van der Waals surface area contributed by atoms with Crippen molar-refractivity contribution in [1.29, 1.82) is 0 Å². The van der Waals surface area contributed by atoms with Crippen LogP contribution in [0.2, 0.25) is 0 Å². The van der Waals surface area contributed by atoms with Gasteiger partial charge in [-0.25, -0.2) is 4.98 Å². The molecule has 0 fully saturated rings. The smallest absolute Gasteiger partial charge is 0.399 e. The van der Waals surface area contributed by atoms with Crippen molar-refractivity contribution in [1.82, 2.24) is 9.55 Å². The van der Waals surface area contributed by atoms with E-state index in [1.54, 1.807) is 0 Å². The summed E-state index contributed by atoms with van der Waals surface area (Å²) in [7, 11) is 0. The van der Waals surface area contributed by atoms with Gasteiger partial charge in [-0.1, -0.05) is 0 Å². The van der Waals surface area contributed by atoms with Gasteiger partial charge in [0.1, 0.15) is 6.54 Å². The van der Waals surface area contributed by atoms with Gasteiger partial charge in [0.2, 0.25) is 0 Å². The van der Waals surface area contributed by atoms with Crippen LogP contribution in [0.5, 0.6) is 0 Å². The van der Waals surface area contributed by atoms with Crippen molar-refractivity contribution in [2.45, 2.75) is 12.7 Å². The summed E-state index contributed by atoms with van der Waals surface area (Å²) in [5.74, 6) is 0. The van der Waals surface area contributed by atoms with E-state index in [1.165, 1.54) is 18.2 Å². The highest BCUT2D eigenvalue weighted by Gasteiger charge is 2.28. The zero-order chi connectivity index (χ0) is 12.6. The topological polar surface area (TPSA) is 60.9 Å². The largest absolute Gasteiger partial charge is 0.406 e. The Bertz CT molecular complexity index is 618. The highest BCUT2D eigenvalue weighted by atomic mass is 19.4. The molecule has 2 aromatic rings. The molecule has 1 heterocycles. The first-order valence-electron chi connectivity index (χ1n) is 4.68. The molecule has 0 saturated carbocycles. The molecule has 0 aliphatic carbocycles. The summed E-state index contributed by atoms with van der Waals surface area (Å²) in [6.45, 7) is -1.36. The first-order chi connectivity index (χ1) is 7.87. The monoisotopic (exact) mass is 243 g/mol. The van der Waals surface area contributed by atoms with E-state index >= 15 is 0 Å². The van der Waals surface area contributed by atoms with Crippen LogP contribution in [-0.4, -0.2) is 15.7 Å². The third-order valence-corrected chi connectivity index (χ3v) is 2.20. The zero-order valence-corrected chi connectivity index (χ0v) is 8.53. The van der Waals surface area contributed by atoms with Gasteiger partial charge in [-0.2, -0.15) is 13.2 Å². The third-order valence-electron chi connectivity index (χ3n) is 2.20. The number of aromatic nitrogens is 2. The first-order valence-corrected chi connectivity index (χ1v) is 4.68. The molecule has 2 N–H and O–H groups in total. The molecule has 2 rings (SSSR count). The van der Waals surface area contributed by atoms with Crippen molar-refractivity contribution in [3.63, 3.8) is 0 Å². The number of alkyl halides is 3. The maximum atomic E-state index is 12.2. The standard InChI is InChI=1S/C10H8F3N3O/c11-10(12,13)4-16-5-15-8-2-1-6(14)3-7(8)9(16)17/h1-3,5H,4,14H2. The lowest BCUT2D eigenvalue weighted by molar-refractivity contribution is -0.141. The second kappa shape index (κ2) is 3.76. The highest BCUT2D eigenvalue weighted by molar-refractivity contribution is 5.80. The van der Waals surface area contributed by atoms with Crippen LogP contribution in [0.4, 0.5) is 18.9 Å². The molecule has 90 valence electrons. The number of nitrogens with zero attached hydrogens (tertiary/aromatic N) is 2. The molecule has 0 unspecified atom stereocenters. The van der Waals surface area contributed by atoms with E-state index in [-0.39, 0.29) is 5.39 Å². The van der Waals surface area contributed by atoms with Crippen LogP contribution in [0, 0.1) is 0 Å². The normalized spacial score (nSPS) is 11.9. The summed E-state index contributed by atoms with van der Waals surface area (Å²) >= 11 is 0. The zero-order valence-electron chi connectivity index (χ0n) is 8.53. The molecule has 7 heteroatoms. The van der Waals surface area contributed by atoms with E-state index in [1.807, 2.05) is 0 Å². The SMILES string of the molecule is Nc1ccc2ncn(CC(F)(F)F)c(=O)c2c1. The average molecular weight is 243 g/mol. The number of rotatable bonds is 1. The molecule has 0 spiro atoms. The number of hydrogen-bond donors (Lipinski definition) is 1. The lowest BCUT2D eigenvalue weighted by Gasteiger charge is -2.09. The average Bonchev–Trinajstić information content (AvgIpc) is 2.21. The summed E-state index contributed by atoms with van der Waals surface area (Å²) in [5, 5.41) is 0.0803. The Morgan fingerprint density at radius 2 is 2.06 bits per heavy atom. The molecular formula is C10H8F3N3O. The van der Waals surface area contributed by atoms with E-state index in [0.29, 0.717) is 15.8 Å². The Balaban J connectivity index is 2.61. The Kier molecular flexibility index (Phi) is 2.53. The van der Waals surface area contributed by atoms with Gasteiger partial charge in [0.15, 0.2) is 0 Å². The maximum Gasteiger partial charge on any atom is 0.406 e. The second-order valence-electron chi connectivity index (χ2n) is 3.57. The maximum absolute atomic E-state index is 12.2. The van der Waals surface area contributed by atoms with Gasteiger partial charge in [0.25, 0.3) is 5.56 Å². The molecule has 0 aliphatic heterocycles. The predicted octanol–water partition coefficient (Wildman–Crippen LogP) is 1.54. The summed E-state index contributed by atoms with van der Waals surface area (Å²) in [5.41, 5.74) is 5.35. The number of nitrogens with two attached hydrogens (primary N) is 1. The minimum atomic E-state index is -4.46. The lowest BCUT2D eigenvalue weighted by atomic mass is 10.2. The van der Waals surface area contributed by atoms with Gasteiger partial charge < -0.3 is 5.73 Å². The van der Waals surface area contributed by atoms with Crippen LogP contribution < -0.4 is 11.3 Å². The van der Waals surface area contributed by atoms with Crippen LogP contribution in [0.25, 0.3) is 10.9 Å². The molecule has 0 amide bonds. The van der Waals surface area contributed by atoms with Gasteiger partial charge >= 0.3 is 6.18 Å². The Morgan fingerprint density at radius 3 is 2.71 bits per heavy atom. The van der Waals surface area contributed by atoms with Crippen molar-refractivity contribution in [2.75, 3.05) is 5.73 Å². The summed E-state index contributed by atoms with van der Waals surface area (Å²) < 4.78 is 37.1. The van der Waals surface area contributed by atoms with Crippen molar-refractivity contribution in [3.8, 4) is 0 Å². The molecule has 0 atom stereocenters. The van der Waals surface area contributed by atoms with Crippen LogP contribution in [0.3, 0.4) is 0 Å². The minimum absolute atomic E-state index is 0.0803.